The van der Waals surface area contributed by atoms with Gasteiger partial charge in [0.05, 0.1) is 17.6 Å². The molecule has 3 unspecified atom stereocenters. The van der Waals surface area contributed by atoms with E-state index in [2.05, 4.69) is 50.0 Å². The van der Waals surface area contributed by atoms with Gasteiger partial charge in [-0.25, -0.2) is 4.79 Å². The second-order valence-electron chi connectivity index (χ2n) is 12.8. The molecule has 0 spiro atoms. The van der Waals surface area contributed by atoms with E-state index in [4.69, 9.17) is 16.3 Å². The first-order valence-corrected chi connectivity index (χ1v) is 15.7. The number of halogens is 4. The van der Waals surface area contributed by atoms with Crippen LogP contribution < -0.4 is 20.3 Å². The van der Waals surface area contributed by atoms with Crippen LogP contribution in [0.4, 0.5) is 25.0 Å². The van der Waals surface area contributed by atoms with Crippen LogP contribution in [0.3, 0.4) is 0 Å². The Hall–Kier alpha value is -3.12. The molecule has 3 amide bonds. The molecule has 1 aliphatic carbocycles. The molecule has 2 aromatic carbocycles. The molecule has 5 rings (SSSR count). The molecule has 0 radical (unpaired) electrons. The molecule has 2 aromatic rings. The first-order chi connectivity index (χ1) is 20.5. The second-order valence-corrected chi connectivity index (χ2v) is 14.1. The molecule has 2 fully saturated rings. The van der Waals surface area contributed by atoms with Crippen molar-refractivity contribution < 1.29 is 32.6 Å². The van der Waals surface area contributed by atoms with Gasteiger partial charge in [-0.3, -0.25) is 9.59 Å². The van der Waals surface area contributed by atoms with Crippen LogP contribution in [0.2, 0.25) is 0 Å². The zero-order valence-electron chi connectivity index (χ0n) is 25.1. The van der Waals surface area contributed by atoms with Crippen molar-refractivity contribution in [3.8, 4) is 5.75 Å². The van der Waals surface area contributed by atoms with E-state index in [1.54, 1.807) is 11.0 Å². The molecule has 2 N–H and O–H groups in total. The van der Waals surface area contributed by atoms with E-state index in [9.17, 15) is 23.2 Å². The third kappa shape index (κ3) is 6.91. The quantitative estimate of drug-likeness (QED) is 0.313. The maximum atomic E-state index is 13.3. The Morgan fingerprint density at radius 3 is 2.32 bits per heavy atom. The van der Waals surface area contributed by atoms with Crippen molar-refractivity contribution in [1.29, 1.82) is 0 Å². The minimum atomic E-state index is -3.83. The van der Waals surface area contributed by atoms with Crippen LogP contribution in [-0.2, 0) is 9.53 Å². The number of rotatable bonds is 7. The highest BCUT2D eigenvalue weighted by atomic mass is 79.9. The van der Waals surface area contributed by atoms with Crippen molar-refractivity contribution in [2.45, 2.75) is 82.7 Å². The second kappa shape index (κ2) is 12.0. The van der Waals surface area contributed by atoms with Gasteiger partial charge in [0, 0.05) is 58.4 Å². The van der Waals surface area contributed by atoms with Crippen LogP contribution in [-0.4, -0.2) is 65.2 Å². The number of anilines is 2. The third-order valence-electron chi connectivity index (χ3n) is 8.08. The van der Waals surface area contributed by atoms with Crippen LogP contribution >= 0.6 is 27.5 Å². The van der Waals surface area contributed by atoms with Gasteiger partial charge in [-0.05, 0) is 105 Å². The van der Waals surface area contributed by atoms with E-state index in [-0.39, 0.29) is 47.5 Å². The van der Waals surface area contributed by atoms with Gasteiger partial charge in [-0.15, -0.1) is 8.78 Å². The highest BCUT2D eigenvalue weighted by Crippen LogP contribution is 2.53. The predicted molar refractivity (Wildman–Crippen MR) is 167 cm³/mol. The van der Waals surface area contributed by atoms with Crippen molar-refractivity contribution in [3.05, 3.63) is 52.0 Å². The van der Waals surface area contributed by atoms with E-state index in [0.29, 0.717) is 24.3 Å². The molecule has 0 aromatic heterocycles. The average molecular weight is 698 g/mol. The number of benzene rings is 2. The highest BCUT2D eigenvalue weighted by molar-refractivity contribution is 9.10. The number of fused-ring (bicyclic) bond motifs is 3. The summed E-state index contributed by atoms with van der Waals surface area (Å²) in [6.07, 6.45) is 1.22. The third-order valence-corrected chi connectivity index (χ3v) is 8.76. The molecule has 3 aliphatic rings. The fourth-order valence-corrected chi connectivity index (χ4v) is 7.06. The number of carbonyl (C=O) groups is 3. The molecule has 1 saturated heterocycles. The lowest BCUT2D eigenvalue weighted by molar-refractivity contribution is -0.130. The number of hydrogen-bond acceptors (Lipinski definition) is 6. The minimum Gasteiger partial charge on any atom is -0.444 e. The molecule has 9 nitrogen and oxygen atoms in total. The average Bonchev–Trinajstić information content (AvgIpc) is 3.41. The Labute approximate surface area is 268 Å². The van der Waals surface area contributed by atoms with E-state index in [1.807, 2.05) is 26.8 Å². The lowest BCUT2D eigenvalue weighted by Gasteiger charge is -2.40. The zero-order chi connectivity index (χ0) is 32.1. The Morgan fingerprint density at radius 2 is 1.73 bits per heavy atom. The number of nitrogens with zero attached hydrogens (tertiary/aromatic N) is 2. The van der Waals surface area contributed by atoms with Gasteiger partial charge in [-0.1, -0.05) is 0 Å². The SMILES string of the molecule is CC(C)N1c2c(Br)cc(C(=O)Nc3ccc(OC(F)(F)Cl)cc3)cc2C2CCC(NC(=O)C3CN(C(=O)OC(C)(C)C)C3)C21. The lowest BCUT2D eigenvalue weighted by Crippen LogP contribution is -2.59. The predicted octanol–water partition coefficient (Wildman–Crippen LogP) is 6.70. The van der Waals surface area contributed by atoms with Gasteiger partial charge in [0.15, 0.2) is 0 Å². The Kier molecular flexibility index (Phi) is 8.80. The summed E-state index contributed by atoms with van der Waals surface area (Å²) in [4.78, 5) is 42.7. The topological polar surface area (TPSA) is 100 Å². The van der Waals surface area contributed by atoms with Crippen LogP contribution in [0.1, 0.15) is 69.3 Å². The Bertz CT molecular complexity index is 1440. The van der Waals surface area contributed by atoms with Gasteiger partial charge in [0.25, 0.3) is 5.91 Å². The summed E-state index contributed by atoms with van der Waals surface area (Å²) in [5.41, 5.74) is -1.53. The standard InChI is InChI=1S/C31H36BrClF2N4O5/c1-16(2)39-25-22(12-17(13-23(25)32)27(40)36-19-6-8-20(9-7-19)43-31(33,34)35)21-10-11-24(26(21)39)37-28(41)18-14-38(15-18)29(42)44-30(3,4)5/h6-9,12-13,16,18,21,24,26H,10-11,14-15H2,1-5H3,(H,36,40)(H,37,41). The van der Waals surface area contributed by atoms with Crippen LogP contribution in [0, 0.1) is 5.92 Å². The van der Waals surface area contributed by atoms with Crippen molar-refractivity contribution in [2.24, 2.45) is 5.92 Å². The smallest absolute Gasteiger partial charge is 0.444 e. The maximum absolute atomic E-state index is 13.3. The van der Waals surface area contributed by atoms with Crippen molar-refractivity contribution >= 4 is 56.8 Å². The molecular weight excluding hydrogens is 662 g/mol. The first kappa shape index (κ1) is 32.3. The maximum Gasteiger partial charge on any atom is 0.487 e. The van der Waals surface area contributed by atoms with Crippen LogP contribution in [0.5, 0.6) is 5.75 Å². The monoisotopic (exact) mass is 696 g/mol. The Morgan fingerprint density at radius 1 is 1.07 bits per heavy atom. The number of hydrogen-bond donors (Lipinski definition) is 2. The van der Waals surface area contributed by atoms with E-state index >= 15 is 0 Å². The van der Waals surface area contributed by atoms with Gasteiger partial charge >= 0.3 is 11.7 Å². The summed E-state index contributed by atoms with van der Waals surface area (Å²) in [5, 5.41) is 6.07. The number of carbonyl (C=O) groups excluding carboxylic acids is 3. The number of alkyl halides is 3. The first-order valence-electron chi connectivity index (χ1n) is 14.6. The molecule has 2 heterocycles. The number of likely N-dealkylation sites (tertiary alicyclic amines) is 1. The van der Waals surface area contributed by atoms with Crippen molar-refractivity contribution in [2.75, 3.05) is 23.3 Å². The zero-order valence-corrected chi connectivity index (χ0v) is 27.5. The highest BCUT2D eigenvalue weighted by Gasteiger charge is 2.50. The largest absolute Gasteiger partial charge is 0.487 e. The molecule has 44 heavy (non-hydrogen) atoms. The van der Waals surface area contributed by atoms with Crippen molar-refractivity contribution in [3.63, 3.8) is 0 Å². The summed E-state index contributed by atoms with van der Waals surface area (Å²) in [6, 6.07) is 9.20. The van der Waals surface area contributed by atoms with E-state index in [1.165, 1.54) is 24.3 Å². The summed E-state index contributed by atoms with van der Waals surface area (Å²) in [6.45, 7) is 10.3. The molecule has 2 aliphatic heterocycles. The fraction of sp³-hybridized carbons (Fsp3) is 0.516. The van der Waals surface area contributed by atoms with Gasteiger partial charge in [0.2, 0.25) is 5.91 Å². The summed E-state index contributed by atoms with van der Waals surface area (Å²) >= 11 is 8.52. The normalized spacial score (nSPS) is 21.5. The molecule has 238 valence electrons. The summed E-state index contributed by atoms with van der Waals surface area (Å²) in [7, 11) is 0. The van der Waals surface area contributed by atoms with Crippen LogP contribution in [0.25, 0.3) is 0 Å². The molecule has 3 atom stereocenters. The summed E-state index contributed by atoms with van der Waals surface area (Å²) in [5.74, 6) is -0.738. The van der Waals surface area contributed by atoms with Gasteiger partial charge in [-0.2, -0.15) is 0 Å². The van der Waals surface area contributed by atoms with Crippen LogP contribution in [0.15, 0.2) is 40.9 Å². The van der Waals surface area contributed by atoms with Gasteiger partial charge < -0.3 is 29.9 Å². The molecule has 0 bridgehead atoms. The Balaban J connectivity index is 1.27. The fourth-order valence-electron chi connectivity index (χ4n) is 6.29. The van der Waals surface area contributed by atoms with Gasteiger partial charge in [0.1, 0.15) is 11.4 Å². The molecule has 13 heteroatoms. The van der Waals surface area contributed by atoms with E-state index in [0.717, 1.165) is 28.6 Å². The number of nitrogens with one attached hydrogen (secondary N) is 2. The lowest BCUT2D eigenvalue weighted by atomic mass is 9.94. The van der Waals surface area contributed by atoms with Crippen molar-refractivity contribution in [1.82, 2.24) is 10.2 Å². The molecule has 1 saturated carbocycles. The number of amides is 3. The minimum absolute atomic E-state index is 0.0122. The van der Waals surface area contributed by atoms with E-state index < -0.39 is 17.3 Å². The summed E-state index contributed by atoms with van der Waals surface area (Å²) < 4.78 is 36.3. The number of ether oxygens (including phenoxy) is 2. The molecular formula is C31H36BrClF2N4O5.